The lowest BCUT2D eigenvalue weighted by molar-refractivity contribution is 0.288. The van der Waals surface area contributed by atoms with E-state index in [1.165, 1.54) is 0 Å². The first-order valence-electron chi connectivity index (χ1n) is 10.9. The summed E-state index contributed by atoms with van der Waals surface area (Å²) in [6, 6.07) is 13.7. The van der Waals surface area contributed by atoms with Gasteiger partial charge in [0, 0.05) is 17.1 Å². The minimum atomic E-state index is -0.298. The normalized spacial score (nSPS) is 13.2. The molecule has 0 saturated carbocycles. The maximum absolute atomic E-state index is 12.2. The molecule has 1 aliphatic heterocycles. The molecule has 0 saturated heterocycles. The first kappa shape index (κ1) is 20.3. The Morgan fingerprint density at radius 1 is 1.03 bits per heavy atom. The van der Waals surface area contributed by atoms with Crippen molar-refractivity contribution in [2.24, 2.45) is 0 Å². The molecule has 0 amide bonds. The summed E-state index contributed by atoms with van der Waals surface area (Å²) in [4.78, 5) is 14.4. The molecule has 158 valence electrons. The van der Waals surface area contributed by atoms with Crippen molar-refractivity contribution in [3.8, 4) is 11.5 Å². The van der Waals surface area contributed by atoms with Crippen LogP contribution in [0.25, 0.3) is 11.0 Å². The van der Waals surface area contributed by atoms with Crippen molar-refractivity contribution in [1.82, 2.24) is 0 Å². The van der Waals surface area contributed by atoms with E-state index in [1.807, 2.05) is 36.4 Å². The van der Waals surface area contributed by atoms with Gasteiger partial charge in [-0.25, -0.2) is 4.79 Å². The van der Waals surface area contributed by atoms with E-state index in [-0.39, 0.29) is 5.63 Å². The minimum Gasteiger partial charge on any atom is -0.494 e. The highest BCUT2D eigenvalue weighted by Crippen LogP contribution is 2.35. The Morgan fingerprint density at radius 2 is 1.83 bits per heavy atom. The topological polar surface area (TPSA) is 51.9 Å². The van der Waals surface area contributed by atoms with Crippen LogP contribution in [-0.4, -0.2) is 13.3 Å². The number of anilines is 1. The lowest BCUT2D eigenvalue weighted by Crippen LogP contribution is -2.32. The van der Waals surface area contributed by atoms with Crippen molar-refractivity contribution >= 4 is 16.7 Å². The third-order valence-electron chi connectivity index (χ3n) is 5.55. The molecule has 4 rings (SSSR count). The van der Waals surface area contributed by atoms with Gasteiger partial charge in [-0.05, 0) is 61.2 Å². The highest BCUT2D eigenvalue weighted by Gasteiger charge is 2.22. The zero-order valence-corrected chi connectivity index (χ0v) is 17.8. The Kier molecular flexibility index (Phi) is 6.26. The van der Waals surface area contributed by atoms with Crippen LogP contribution in [0, 0.1) is 0 Å². The number of unbranched alkanes of at least 4 members (excludes halogenated alkanes) is 2. The van der Waals surface area contributed by atoms with Gasteiger partial charge in [0.1, 0.15) is 17.1 Å². The summed E-state index contributed by atoms with van der Waals surface area (Å²) >= 11 is 0. The van der Waals surface area contributed by atoms with E-state index >= 15 is 0 Å². The van der Waals surface area contributed by atoms with Crippen LogP contribution in [0.1, 0.15) is 50.7 Å². The fourth-order valence-electron chi connectivity index (χ4n) is 3.83. The van der Waals surface area contributed by atoms with Crippen molar-refractivity contribution in [2.75, 3.05) is 18.2 Å². The van der Waals surface area contributed by atoms with Crippen LogP contribution in [-0.2, 0) is 13.0 Å². The van der Waals surface area contributed by atoms with Gasteiger partial charge >= 0.3 is 5.63 Å². The molecule has 0 radical (unpaired) electrons. The molecule has 0 fully saturated rings. The number of hydrogen-bond acceptors (Lipinski definition) is 5. The van der Waals surface area contributed by atoms with Gasteiger partial charge < -0.3 is 18.8 Å². The molecule has 5 nitrogen and oxygen atoms in total. The lowest BCUT2D eigenvalue weighted by Gasteiger charge is -2.31. The standard InChI is InChI=1S/C25H29NO4/c1-3-5-7-18-15-24(27)30-25-21(18)12-13-23-22(25)16-26(17-29-23)19-8-10-20(11-9-19)28-14-6-4-2/h8-13,15H,3-7,14,16-17H2,1-2H3. The highest BCUT2D eigenvalue weighted by atomic mass is 16.5. The van der Waals surface area contributed by atoms with Crippen molar-refractivity contribution in [3.63, 3.8) is 0 Å². The van der Waals surface area contributed by atoms with Crippen molar-refractivity contribution in [2.45, 2.75) is 52.5 Å². The Labute approximate surface area is 177 Å². The summed E-state index contributed by atoms with van der Waals surface area (Å²) in [6.07, 6.45) is 5.18. The molecule has 5 heteroatoms. The third kappa shape index (κ3) is 4.30. The Hall–Kier alpha value is -2.95. The monoisotopic (exact) mass is 407 g/mol. The predicted octanol–water partition coefficient (Wildman–Crippen LogP) is 5.67. The summed E-state index contributed by atoms with van der Waals surface area (Å²) in [6.45, 7) is 6.12. The molecule has 3 aromatic rings. The van der Waals surface area contributed by atoms with Gasteiger partial charge in [0.15, 0.2) is 6.73 Å². The Balaban J connectivity index is 1.61. The number of ether oxygens (including phenoxy) is 2. The lowest BCUT2D eigenvalue weighted by atomic mass is 10.0. The molecule has 2 aromatic carbocycles. The first-order valence-corrected chi connectivity index (χ1v) is 10.9. The van der Waals surface area contributed by atoms with Crippen LogP contribution >= 0.6 is 0 Å². The van der Waals surface area contributed by atoms with Crippen LogP contribution in [0.5, 0.6) is 11.5 Å². The van der Waals surface area contributed by atoms with Gasteiger partial charge in [-0.3, -0.25) is 0 Å². The summed E-state index contributed by atoms with van der Waals surface area (Å²) in [5.74, 6) is 1.66. The van der Waals surface area contributed by atoms with Crippen molar-refractivity contribution in [3.05, 3.63) is 64.0 Å². The minimum absolute atomic E-state index is 0.298. The second-order valence-electron chi connectivity index (χ2n) is 7.78. The predicted molar refractivity (Wildman–Crippen MR) is 120 cm³/mol. The van der Waals surface area contributed by atoms with E-state index in [4.69, 9.17) is 13.9 Å². The van der Waals surface area contributed by atoms with Crippen molar-refractivity contribution < 1.29 is 13.9 Å². The van der Waals surface area contributed by atoms with E-state index in [9.17, 15) is 4.79 Å². The fraction of sp³-hybridized carbons (Fsp3) is 0.400. The SMILES string of the molecule is CCCCOc1ccc(N2COc3ccc4c(CCCC)cc(=O)oc4c3C2)cc1. The second-order valence-corrected chi connectivity index (χ2v) is 7.78. The number of benzene rings is 2. The van der Waals surface area contributed by atoms with E-state index in [1.54, 1.807) is 6.07 Å². The molecule has 0 spiro atoms. The molecule has 0 atom stereocenters. The number of rotatable bonds is 8. The van der Waals surface area contributed by atoms with Gasteiger partial charge in [0.05, 0.1) is 18.7 Å². The molecule has 0 unspecified atom stereocenters. The second kappa shape index (κ2) is 9.24. The molecule has 1 aliphatic rings. The summed E-state index contributed by atoms with van der Waals surface area (Å²) in [5, 5.41) is 1.01. The number of aryl methyl sites for hydroxylation is 1. The average molecular weight is 408 g/mol. The van der Waals surface area contributed by atoms with Crippen LogP contribution in [0.15, 0.2) is 51.7 Å². The zero-order chi connectivity index (χ0) is 20.9. The largest absolute Gasteiger partial charge is 0.494 e. The molecule has 0 aliphatic carbocycles. The number of fused-ring (bicyclic) bond motifs is 3. The van der Waals surface area contributed by atoms with Crippen LogP contribution in [0.4, 0.5) is 5.69 Å². The van der Waals surface area contributed by atoms with Crippen molar-refractivity contribution in [1.29, 1.82) is 0 Å². The first-order chi connectivity index (χ1) is 14.7. The maximum Gasteiger partial charge on any atom is 0.336 e. The van der Waals surface area contributed by atoms with Crippen LogP contribution < -0.4 is 20.0 Å². The molecular weight excluding hydrogens is 378 g/mol. The van der Waals surface area contributed by atoms with Crippen LogP contribution in [0.2, 0.25) is 0 Å². The summed E-state index contributed by atoms with van der Waals surface area (Å²) in [7, 11) is 0. The van der Waals surface area contributed by atoms with Gasteiger partial charge in [0.25, 0.3) is 0 Å². The van der Waals surface area contributed by atoms with Gasteiger partial charge in [-0.1, -0.05) is 26.7 Å². The van der Waals surface area contributed by atoms with Gasteiger partial charge in [-0.15, -0.1) is 0 Å². The van der Waals surface area contributed by atoms with Crippen LogP contribution in [0.3, 0.4) is 0 Å². The van der Waals surface area contributed by atoms with Gasteiger partial charge in [-0.2, -0.15) is 0 Å². The smallest absolute Gasteiger partial charge is 0.336 e. The maximum atomic E-state index is 12.2. The summed E-state index contributed by atoms with van der Waals surface area (Å²) < 4.78 is 17.4. The molecule has 0 N–H and O–H groups in total. The van der Waals surface area contributed by atoms with Gasteiger partial charge in [0.2, 0.25) is 0 Å². The number of hydrogen-bond donors (Lipinski definition) is 0. The Morgan fingerprint density at radius 3 is 2.60 bits per heavy atom. The molecule has 30 heavy (non-hydrogen) atoms. The molecular formula is C25H29NO4. The Bertz CT molecular complexity index is 1060. The fourth-order valence-corrected chi connectivity index (χ4v) is 3.83. The molecule has 2 heterocycles. The molecule has 1 aromatic heterocycles. The van der Waals surface area contributed by atoms with E-state index in [0.29, 0.717) is 18.9 Å². The van der Waals surface area contributed by atoms with E-state index < -0.39 is 0 Å². The van der Waals surface area contributed by atoms with E-state index in [2.05, 4.69) is 18.7 Å². The highest BCUT2D eigenvalue weighted by molar-refractivity contribution is 5.85. The number of nitrogens with zero attached hydrogens (tertiary/aromatic N) is 1. The summed E-state index contributed by atoms with van der Waals surface area (Å²) in [5.41, 5.74) is 3.38. The molecule has 0 bridgehead atoms. The third-order valence-corrected chi connectivity index (χ3v) is 5.55. The quantitative estimate of drug-likeness (QED) is 0.356. The zero-order valence-electron chi connectivity index (χ0n) is 17.8. The average Bonchev–Trinajstić information content (AvgIpc) is 2.77. The van der Waals surface area contributed by atoms with E-state index in [0.717, 1.165) is 72.4 Å².